The SMILES string of the molecule is COc1cc(CC(=O)N[C@H]2CCc3nc(N)sc3C2)ccn1. The molecule has 3 rings (SSSR count). The number of aromatic nitrogens is 2. The largest absolute Gasteiger partial charge is 0.481 e. The van der Waals surface area contributed by atoms with Crippen molar-refractivity contribution in [2.75, 3.05) is 12.8 Å². The van der Waals surface area contributed by atoms with E-state index in [0.29, 0.717) is 17.4 Å². The van der Waals surface area contributed by atoms with Crippen LogP contribution < -0.4 is 15.8 Å². The Hall–Kier alpha value is -2.15. The van der Waals surface area contributed by atoms with E-state index in [1.165, 1.54) is 16.2 Å². The monoisotopic (exact) mass is 318 g/mol. The van der Waals surface area contributed by atoms with E-state index in [2.05, 4.69) is 15.3 Å². The van der Waals surface area contributed by atoms with Gasteiger partial charge in [0.25, 0.3) is 0 Å². The lowest BCUT2D eigenvalue weighted by molar-refractivity contribution is -0.121. The van der Waals surface area contributed by atoms with Crippen LogP contribution >= 0.6 is 11.3 Å². The van der Waals surface area contributed by atoms with E-state index >= 15 is 0 Å². The molecule has 0 saturated heterocycles. The molecule has 0 spiro atoms. The lowest BCUT2D eigenvalue weighted by atomic mass is 9.97. The predicted octanol–water partition coefficient (Wildman–Crippen LogP) is 1.35. The highest BCUT2D eigenvalue weighted by Crippen LogP contribution is 2.28. The summed E-state index contributed by atoms with van der Waals surface area (Å²) in [6, 6.07) is 3.76. The van der Waals surface area contributed by atoms with Crippen molar-refractivity contribution in [3.05, 3.63) is 34.5 Å². The maximum absolute atomic E-state index is 12.2. The molecule has 6 nitrogen and oxygen atoms in total. The van der Waals surface area contributed by atoms with Crippen LogP contribution in [0.2, 0.25) is 0 Å². The standard InChI is InChI=1S/C15H18N4O2S/c1-21-14-7-9(4-5-17-14)6-13(20)18-10-2-3-11-12(8-10)22-15(16)19-11/h4-5,7,10H,2-3,6,8H2,1H3,(H2,16,19)(H,18,20)/t10-/m0/s1. The van der Waals surface area contributed by atoms with E-state index in [1.54, 1.807) is 19.4 Å². The van der Waals surface area contributed by atoms with Crippen molar-refractivity contribution in [3.63, 3.8) is 0 Å². The van der Waals surface area contributed by atoms with Crippen molar-refractivity contribution < 1.29 is 9.53 Å². The Balaban J connectivity index is 1.58. The van der Waals surface area contributed by atoms with Crippen molar-refractivity contribution in [2.45, 2.75) is 31.7 Å². The van der Waals surface area contributed by atoms with E-state index in [9.17, 15) is 4.79 Å². The van der Waals surface area contributed by atoms with Gasteiger partial charge in [-0.25, -0.2) is 9.97 Å². The zero-order valence-electron chi connectivity index (χ0n) is 12.3. The molecular weight excluding hydrogens is 300 g/mol. The number of nitrogens with one attached hydrogen (secondary N) is 1. The number of ether oxygens (including phenoxy) is 1. The average Bonchev–Trinajstić information content (AvgIpc) is 2.86. The first-order valence-corrected chi connectivity index (χ1v) is 7.98. The number of methoxy groups -OCH3 is 1. The third kappa shape index (κ3) is 3.36. The fraction of sp³-hybridized carbons (Fsp3) is 0.400. The molecule has 116 valence electrons. The summed E-state index contributed by atoms with van der Waals surface area (Å²) in [4.78, 5) is 21.7. The number of hydrogen-bond acceptors (Lipinski definition) is 6. The van der Waals surface area contributed by atoms with Gasteiger partial charge in [0.05, 0.1) is 19.2 Å². The number of anilines is 1. The molecule has 0 radical (unpaired) electrons. The average molecular weight is 318 g/mol. The Kier molecular flexibility index (Phi) is 4.24. The molecule has 2 aromatic rings. The summed E-state index contributed by atoms with van der Waals surface area (Å²) in [6.45, 7) is 0. The van der Waals surface area contributed by atoms with Crippen molar-refractivity contribution in [3.8, 4) is 5.88 Å². The third-order valence-electron chi connectivity index (χ3n) is 3.69. The van der Waals surface area contributed by atoms with Crippen LogP contribution in [0.15, 0.2) is 18.3 Å². The number of carbonyl (C=O) groups is 1. The molecular formula is C15H18N4O2S. The number of aryl methyl sites for hydroxylation is 1. The minimum Gasteiger partial charge on any atom is -0.481 e. The summed E-state index contributed by atoms with van der Waals surface area (Å²) in [7, 11) is 1.56. The molecule has 1 atom stereocenters. The molecule has 0 aliphatic heterocycles. The fourth-order valence-electron chi connectivity index (χ4n) is 2.65. The highest BCUT2D eigenvalue weighted by Gasteiger charge is 2.23. The van der Waals surface area contributed by atoms with Crippen molar-refractivity contribution in [1.29, 1.82) is 0 Å². The molecule has 2 aromatic heterocycles. The number of hydrogen-bond donors (Lipinski definition) is 2. The second kappa shape index (κ2) is 6.31. The van der Waals surface area contributed by atoms with Gasteiger partial charge in [0.2, 0.25) is 11.8 Å². The topological polar surface area (TPSA) is 90.1 Å². The molecule has 0 fully saturated rings. The van der Waals surface area contributed by atoms with Crippen LogP contribution in [-0.4, -0.2) is 29.0 Å². The van der Waals surface area contributed by atoms with Crippen molar-refractivity contribution >= 4 is 22.4 Å². The van der Waals surface area contributed by atoms with Crippen LogP contribution in [0.25, 0.3) is 0 Å². The first-order chi connectivity index (χ1) is 10.6. The number of rotatable bonds is 4. The van der Waals surface area contributed by atoms with Crippen LogP contribution in [0.4, 0.5) is 5.13 Å². The lowest BCUT2D eigenvalue weighted by Crippen LogP contribution is -2.39. The summed E-state index contributed by atoms with van der Waals surface area (Å²) in [5, 5.41) is 3.70. The number of amides is 1. The molecule has 1 aliphatic rings. The van der Waals surface area contributed by atoms with E-state index < -0.39 is 0 Å². The van der Waals surface area contributed by atoms with Gasteiger partial charge >= 0.3 is 0 Å². The zero-order valence-corrected chi connectivity index (χ0v) is 13.2. The Morgan fingerprint density at radius 1 is 1.59 bits per heavy atom. The first-order valence-electron chi connectivity index (χ1n) is 7.16. The number of nitrogens with zero attached hydrogens (tertiary/aromatic N) is 2. The maximum Gasteiger partial charge on any atom is 0.224 e. The van der Waals surface area contributed by atoms with Gasteiger partial charge in [-0.05, 0) is 24.5 Å². The van der Waals surface area contributed by atoms with E-state index in [-0.39, 0.29) is 11.9 Å². The second-order valence-corrected chi connectivity index (χ2v) is 6.43. The van der Waals surface area contributed by atoms with Gasteiger partial charge in [-0.15, -0.1) is 11.3 Å². The summed E-state index contributed by atoms with van der Waals surface area (Å²) in [5.41, 5.74) is 7.72. The maximum atomic E-state index is 12.2. The molecule has 2 heterocycles. The Morgan fingerprint density at radius 2 is 2.45 bits per heavy atom. The zero-order chi connectivity index (χ0) is 15.5. The van der Waals surface area contributed by atoms with Crippen molar-refractivity contribution in [2.24, 2.45) is 0 Å². The molecule has 3 N–H and O–H groups in total. The number of fused-ring (bicyclic) bond motifs is 1. The number of nitrogens with two attached hydrogens (primary N) is 1. The van der Waals surface area contributed by atoms with Crippen molar-refractivity contribution in [1.82, 2.24) is 15.3 Å². The van der Waals surface area contributed by atoms with Gasteiger partial charge in [0.1, 0.15) is 0 Å². The summed E-state index contributed by atoms with van der Waals surface area (Å²) in [6.07, 6.45) is 4.57. The summed E-state index contributed by atoms with van der Waals surface area (Å²) in [5.74, 6) is 0.534. The fourth-order valence-corrected chi connectivity index (χ4v) is 3.61. The molecule has 1 aliphatic carbocycles. The van der Waals surface area contributed by atoms with E-state index in [4.69, 9.17) is 10.5 Å². The quantitative estimate of drug-likeness (QED) is 0.888. The normalized spacial score (nSPS) is 16.9. The number of pyridine rings is 1. The van der Waals surface area contributed by atoms with Crippen LogP contribution in [0, 0.1) is 0 Å². The number of nitrogen functional groups attached to an aromatic ring is 1. The van der Waals surface area contributed by atoms with E-state index in [0.717, 1.165) is 30.5 Å². The van der Waals surface area contributed by atoms with Gasteiger partial charge in [-0.3, -0.25) is 4.79 Å². The lowest BCUT2D eigenvalue weighted by Gasteiger charge is -2.22. The van der Waals surface area contributed by atoms with Gasteiger partial charge in [-0.2, -0.15) is 0 Å². The van der Waals surface area contributed by atoms with Crippen LogP contribution in [0.3, 0.4) is 0 Å². The minimum absolute atomic E-state index is 0.0131. The molecule has 1 amide bonds. The number of carbonyl (C=O) groups excluding carboxylic acids is 1. The Labute approximate surface area is 132 Å². The number of thiazole rings is 1. The molecule has 7 heteroatoms. The molecule has 0 bridgehead atoms. The second-order valence-electron chi connectivity index (χ2n) is 5.31. The van der Waals surface area contributed by atoms with Crippen LogP contribution in [-0.2, 0) is 24.1 Å². The van der Waals surface area contributed by atoms with Crippen LogP contribution in [0.1, 0.15) is 22.6 Å². The molecule has 0 aromatic carbocycles. The van der Waals surface area contributed by atoms with E-state index in [1.807, 2.05) is 6.07 Å². The molecule has 0 saturated carbocycles. The Morgan fingerprint density at radius 3 is 3.27 bits per heavy atom. The minimum atomic E-state index is 0.0131. The third-order valence-corrected chi connectivity index (χ3v) is 4.64. The predicted molar refractivity (Wildman–Crippen MR) is 85.0 cm³/mol. The highest BCUT2D eigenvalue weighted by molar-refractivity contribution is 7.15. The van der Waals surface area contributed by atoms with Gasteiger partial charge in [-0.1, -0.05) is 0 Å². The summed E-state index contributed by atoms with van der Waals surface area (Å²) >= 11 is 1.52. The smallest absolute Gasteiger partial charge is 0.224 e. The first kappa shape index (κ1) is 14.8. The van der Waals surface area contributed by atoms with Gasteiger partial charge in [0, 0.05) is 29.6 Å². The molecule has 0 unspecified atom stereocenters. The van der Waals surface area contributed by atoms with Crippen LogP contribution in [0.5, 0.6) is 5.88 Å². The Bertz CT molecular complexity index is 686. The summed E-state index contributed by atoms with van der Waals surface area (Å²) < 4.78 is 5.07. The highest BCUT2D eigenvalue weighted by atomic mass is 32.1. The van der Waals surface area contributed by atoms with Gasteiger partial charge < -0.3 is 15.8 Å². The van der Waals surface area contributed by atoms with Gasteiger partial charge in [0.15, 0.2) is 5.13 Å². The molecule has 22 heavy (non-hydrogen) atoms.